The van der Waals surface area contributed by atoms with E-state index in [1.54, 1.807) is 18.2 Å². The van der Waals surface area contributed by atoms with Gasteiger partial charge in [0.15, 0.2) is 0 Å². The lowest BCUT2D eigenvalue weighted by Crippen LogP contribution is -2.50. The van der Waals surface area contributed by atoms with Gasteiger partial charge in [-0.3, -0.25) is 14.4 Å². The fraction of sp³-hybridized carbons (Fsp3) is 0.471. The molecule has 6 heteroatoms. The van der Waals surface area contributed by atoms with Crippen molar-refractivity contribution in [3.05, 3.63) is 35.4 Å². The van der Waals surface area contributed by atoms with Crippen LogP contribution in [0.3, 0.4) is 0 Å². The van der Waals surface area contributed by atoms with Crippen LogP contribution in [0.5, 0.6) is 0 Å². The summed E-state index contributed by atoms with van der Waals surface area (Å²) in [6.07, 6.45) is 0. The number of carbonyl (C=O) groups excluding carboxylic acids is 2. The quantitative estimate of drug-likeness (QED) is 0.711. The molecule has 3 N–H and O–H groups in total. The monoisotopic (exact) mass is 320 g/mol. The van der Waals surface area contributed by atoms with E-state index < -0.39 is 17.9 Å². The van der Waals surface area contributed by atoms with Crippen LogP contribution in [-0.2, 0) is 9.59 Å². The number of aryl methyl sites for hydroxylation is 1. The van der Waals surface area contributed by atoms with Crippen LogP contribution in [0.15, 0.2) is 24.3 Å². The van der Waals surface area contributed by atoms with Crippen LogP contribution in [0.25, 0.3) is 0 Å². The highest BCUT2D eigenvalue weighted by Crippen LogP contribution is 2.07. The van der Waals surface area contributed by atoms with Crippen LogP contribution in [0.4, 0.5) is 0 Å². The van der Waals surface area contributed by atoms with Crippen LogP contribution in [-0.4, -0.2) is 35.5 Å². The van der Waals surface area contributed by atoms with Gasteiger partial charge in [0.25, 0.3) is 5.91 Å². The lowest BCUT2D eigenvalue weighted by molar-refractivity contribution is -0.141. The number of nitrogens with one attached hydrogen (secondary N) is 2. The first kappa shape index (κ1) is 18.7. The van der Waals surface area contributed by atoms with Crippen LogP contribution in [0, 0.1) is 18.8 Å². The molecule has 0 aliphatic heterocycles. The van der Waals surface area contributed by atoms with Gasteiger partial charge in [0.1, 0.15) is 6.04 Å². The van der Waals surface area contributed by atoms with Crippen molar-refractivity contribution in [1.82, 2.24) is 10.6 Å². The lowest BCUT2D eigenvalue weighted by atomic mass is 10.0. The average molecular weight is 320 g/mol. The molecular formula is C17H24N2O4. The Morgan fingerprint density at radius 2 is 1.83 bits per heavy atom. The third-order valence-electron chi connectivity index (χ3n) is 3.52. The van der Waals surface area contributed by atoms with E-state index in [1.165, 1.54) is 6.92 Å². The smallest absolute Gasteiger partial charge is 0.308 e. The molecule has 0 heterocycles. The maximum Gasteiger partial charge on any atom is 0.308 e. The van der Waals surface area contributed by atoms with Crippen LogP contribution in [0.2, 0.25) is 0 Å². The molecule has 0 aliphatic carbocycles. The van der Waals surface area contributed by atoms with Crippen LogP contribution in [0.1, 0.15) is 36.7 Å². The molecule has 1 aromatic rings. The Morgan fingerprint density at radius 1 is 1.17 bits per heavy atom. The zero-order valence-electron chi connectivity index (χ0n) is 13.9. The highest BCUT2D eigenvalue weighted by atomic mass is 16.4. The summed E-state index contributed by atoms with van der Waals surface area (Å²) in [5.41, 5.74) is 1.45. The van der Waals surface area contributed by atoms with Crippen molar-refractivity contribution in [3.63, 3.8) is 0 Å². The number of carboxylic acids is 1. The number of rotatable bonds is 7. The average Bonchev–Trinajstić information content (AvgIpc) is 2.49. The highest BCUT2D eigenvalue weighted by Gasteiger charge is 2.25. The number of carbonyl (C=O) groups is 3. The fourth-order valence-corrected chi connectivity index (χ4v) is 2.00. The largest absolute Gasteiger partial charge is 0.481 e. The van der Waals surface area contributed by atoms with Crippen molar-refractivity contribution in [2.75, 3.05) is 6.54 Å². The van der Waals surface area contributed by atoms with Gasteiger partial charge in [0.2, 0.25) is 5.91 Å². The molecule has 0 spiro atoms. The second-order valence-electron chi connectivity index (χ2n) is 6.05. The first-order valence-electron chi connectivity index (χ1n) is 7.60. The van der Waals surface area contributed by atoms with Crippen molar-refractivity contribution < 1.29 is 19.5 Å². The number of benzene rings is 1. The number of hydrogen-bond acceptors (Lipinski definition) is 3. The molecule has 23 heavy (non-hydrogen) atoms. The second-order valence-corrected chi connectivity index (χ2v) is 6.05. The van der Waals surface area contributed by atoms with Crippen molar-refractivity contribution in [1.29, 1.82) is 0 Å². The predicted octanol–water partition coefficient (Wildman–Crippen LogP) is 1.59. The zero-order chi connectivity index (χ0) is 17.6. The molecule has 1 aromatic carbocycles. The minimum absolute atomic E-state index is 0.0255. The van der Waals surface area contributed by atoms with E-state index in [0.717, 1.165) is 5.56 Å². The minimum atomic E-state index is -0.977. The maximum absolute atomic E-state index is 12.3. The summed E-state index contributed by atoms with van der Waals surface area (Å²) in [6, 6.07) is 6.38. The second kappa shape index (κ2) is 8.31. The summed E-state index contributed by atoms with van der Waals surface area (Å²) >= 11 is 0. The molecule has 2 atom stereocenters. The van der Waals surface area contributed by atoms with Gasteiger partial charge in [-0.05, 0) is 25.0 Å². The van der Waals surface area contributed by atoms with Crippen molar-refractivity contribution in [2.45, 2.75) is 33.7 Å². The molecule has 0 fully saturated rings. The molecule has 0 radical (unpaired) electrons. The van der Waals surface area contributed by atoms with Crippen LogP contribution >= 0.6 is 0 Å². The molecule has 0 aliphatic rings. The number of carboxylic acid groups (broad SMARTS) is 1. The molecule has 2 unspecified atom stereocenters. The predicted molar refractivity (Wildman–Crippen MR) is 87.1 cm³/mol. The molecule has 0 saturated carbocycles. The SMILES string of the molecule is Cc1cccc(C(=O)NC(C(=O)NCC(C)C(=O)O)C(C)C)c1. The molecule has 0 aromatic heterocycles. The van der Waals surface area contributed by atoms with Crippen molar-refractivity contribution in [2.24, 2.45) is 11.8 Å². The highest BCUT2D eigenvalue weighted by molar-refractivity contribution is 5.97. The molecule has 0 saturated heterocycles. The van der Waals surface area contributed by atoms with E-state index in [4.69, 9.17) is 5.11 Å². The van der Waals surface area contributed by atoms with Gasteiger partial charge in [-0.2, -0.15) is 0 Å². The van der Waals surface area contributed by atoms with E-state index in [2.05, 4.69) is 10.6 Å². The Kier molecular flexibility index (Phi) is 6.75. The maximum atomic E-state index is 12.3. The zero-order valence-corrected chi connectivity index (χ0v) is 13.9. The van der Waals surface area contributed by atoms with Gasteiger partial charge in [0.05, 0.1) is 5.92 Å². The number of hydrogen-bond donors (Lipinski definition) is 3. The Balaban J connectivity index is 2.73. The number of aliphatic carboxylic acids is 1. The summed E-state index contributed by atoms with van der Waals surface area (Å²) < 4.78 is 0. The summed E-state index contributed by atoms with van der Waals surface area (Å²) in [4.78, 5) is 35.3. The summed E-state index contributed by atoms with van der Waals surface area (Å²) in [5, 5.41) is 14.1. The molecule has 126 valence electrons. The Bertz CT molecular complexity index is 584. The van der Waals surface area contributed by atoms with Gasteiger partial charge in [0, 0.05) is 12.1 Å². The molecule has 1 rings (SSSR count). The lowest BCUT2D eigenvalue weighted by Gasteiger charge is -2.22. The van der Waals surface area contributed by atoms with Crippen molar-refractivity contribution in [3.8, 4) is 0 Å². The molecule has 0 bridgehead atoms. The number of amides is 2. The molecule has 6 nitrogen and oxygen atoms in total. The minimum Gasteiger partial charge on any atom is -0.481 e. The summed E-state index contributed by atoms with van der Waals surface area (Å²) in [5.74, 6) is -2.48. The van der Waals surface area contributed by atoms with Crippen molar-refractivity contribution >= 4 is 17.8 Å². The first-order chi connectivity index (χ1) is 10.7. The van der Waals surface area contributed by atoms with Gasteiger partial charge < -0.3 is 15.7 Å². The standard InChI is InChI=1S/C17H24N2O4/c1-10(2)14(16(21)18-9-12(4)17(22)23)19-15(20)13-7-5-6-11(3)8-13/h5-8,10,12,14H,9H2,1-4H3,(H,18,21)(H,19,20)(H,22,23). The van der Waals surface area contributed by atoms with Crippen LogP contribution < -0.4 is 10.6 Å². The topological polar surface area (TPSA) is 95.5 Å². The van der Waals surface area contributed by atoms with E-state index in [-0.39, 0.29) is 24.3 Å². The van der Waals surface area contributed by atoms with Gasteiger partial charge >= 0.3 is 5.97 Å². The summed E-state index contributed by atoms with van der Waals surface area (Å²) in [7, 11) is 0. The van der Waals surface area contributed by atoms with Gasteiger partial charge in [-0.1, -0.05) is 38.5 Å². The third kappa shape index (κ3) is 5.73. The Labute approximate surface area is 136 Å². The van der Waals surface area contributed by atoms with E-state index >= 15 is 0 Å². The molecular weight excluding hydrogens is 296 g/mol. The summed E-state index contributed by atoms with van der Waals surface area (Å²) in [6.45, 7) is 7.06. The first-order valence-corrected chi connectivity index (χ1v) is 7.60. The fourth-order valence-electron chi connectivity index (χ4n) is 2.00. The normalized spacial score (nSPS) is 13.3. The van der Waals surface area contributed by atoms with Gasteiger partial charge in [-0.25, -0.2) is 0 Å². The Morgan fingerprint density at radius 3 is 2.35 bits per heavy atom. The Hall–Kier alpha value is -2.37. The molecule has 2 amide bonds. The van der Waals surface area contributed by atoms with E-state index in [0.29, 0.717) is 5.56 Å². The third-order valence-corrected chi connectivity index (χ3v) is 3.52. The van der Waals surface area contributed by atoms with E-state index in [1.807, 2.05) is 26.8 Å². The van der Waals surface area contributed by atoms with E-state index in [9.17, 15) is 14.4 Å². The van der Waals surface area contributed by atoms with Gasteiger partial charge in [-0.15, -0.1) is 0 Å².